The van der Waals surface area contributed by atoms with E-state index in [-0.39, 0.29) is 17.5 Å². The van der Waals surface area contributed by atoms with Crippen LogP contribution in [0.3, 0.4) is 0 Å². The van der Waals surface area contributed by atoms with Crippen LogP contribution in [-0.4, -0.2) is 12.6 Å². The van der Waals surface area contributed by atoms with Crippen molar-refractivity contribution in [2.24, 2.45) is 0 Å². The summed E-state index contributed by atoms with van der Waals surface area (Å²) in [4.78, 5) is 0. The normalized spacial score (nSPS) is 24.2. The number of halogens is 3. The van der Waals surface area contributed by atoms with Crippen LogP contribution in [0.5, 0.6) is 0 Å². The van der Waals surface area contributed by atoms with Gasteiger partial charge in [0.2, 0.25) is 0 Å². The van der Waals surface area contributed by atoms with Gasteiger partial charge in [-0.15, -0.1) is 0 Å². The minimum atomic E-state index is -0.440. The minimum absolute atomic E-state index is 0.0591. The maximum atomic E-state index is 14.1. The van der Waals surface area contributed by atoms with Crippen molar-refractivity contribution in [3.05, 3.63) is 33.8 Å². The Morgan fingerprint density at radius 1 is 1.28 bits per heavy atom. The van der Waals surface area contributed by atoms with Gasteiger partial charge in [-0.3, -0.25) is 0 Å². The molecule has 1 fully saturated rings. The summed E-state index contributed by atoms with van der Waals surface area (Å²) in [6.07, 6.45) is 4.01. The summed E-state index contributed by atoms with van der Waals surface area (Å²) in [6, 6.07) is 2.96. The van der Waals surface area contributed by atoms with E-state index >= 15 is 0 Å². The standard InChI is InChI=1S/C14H18BrF2N/c1-2-18-12-6-4-3-5-9(12)13-11(16)8-7-10(15)14(13)17/h7-9,12,18H,2-6H2,1H3. The molecule has 1 aliphatic rings. The zero-order chi connectivity index (χ0) is 13.1. The van der Waals surface area contributed by atoms with Crippen molar-refractivity contribution in [3.63, 3.8) is 0 Å². The van der Waals surface area contributed by atoms with Crippen LogP contribution in [0.2, 0.25) is 0 Å². The van der Waals surface area contributed by atoms with Gasteiger partial charge in [0.25, 0.3) is 0 Å². The molecule has 2 rings (SSSR count). The lowest BCUT2D eigenvalue weighted by atomic mass is 9.79. The third-order valence-electron chi connectivity index (χ3n) is 3.68. The molecule has 1 N–H and O–H groups in total. The van der Waals surface area contributed by atoms with Crippen LogP contribution in [-0.2, 0) is 0 Å². The Balaban J connectivity index is 2.36. The summed E-state index contributed by atoms with van der Waals surface area (Å²) in [5.74, 6) is -0.925. The molecule has 1 aromatic carbocycles. The van der Waals surface area contributed by atoms with Gasteiger partial charge >= 0.3 is 0 Å². The molecule has 4 heteroatoms. The van der Waals surface area contributed by atoms with E-state index in [4.69, 9.17) is 0 Å². The first-order valence-electron chi connectivity index (χ1n) is 6.52. The molecule has 18 heavy (non-hydrogen) atoms. The minimum Gasteiger partial charge on any atom is -0.314 e. The van der Waals surface area contributed by atoms with Crippen molar-refractivity contribution in [2.75, 3.05) is 6.54 Å². The van der Waals surface area contributed by atoms with E-state index in [2.05, 4.69) is 21.2 Å². The highest BCUT2D eigenvalue weighted by Crippen LogP contribution is 2.37. The van der Waals surface area contributed by atoms with Gasteiger partial charge in [0.15, 0.2) is 0 Å². The number of hydrogen-bond acceptors (Lipinski definition) is 1. The maximum Gasteiger partial charge on any atom is 0.143 e. The lowest BCUT2D eigenvalue weighted by Gasteiger charge is -2.33. The first kappa shape index (κ1) is 13.9. The summed E-state index contributed by atoms with van der Waals surface area (Å²) < 4.78 is 28.4. The molecule has 0 heterocycles. The Labute approximate surface area is 115 Å². The third-order valence-corrected chi connectivity index (χ3v) is 4.29. The van der Waals surface area contributed by atoms with Crippen LogP contribution in [0, 0.1) is 11.6 Å². The number of likely N-dealkylation sites (N-methyl/N-ethyl adjacent to an activating group) is 1. The van der Waals surface area contributed by atoms with Crippen molar-refractivity contribution < 1.29 is 8.78 Å². The van der Waals surface area contributed by atoms with Crippen molar-refractivity contribution in [2.45, 2.75) is 44.6 Å². The average molecular weight is 318 g/mol. The molecule has 2 unspecified atom stereocenters. The molecule has 1 saturated carbocycles. The van der Waals surface area contributed by atoms with Crippen LogP contribution < -0.4 is 5.32 Å². The maximum absolute atomic E-state index is 14.1. The van der Waals surface area contributed by atoms with Crippen molar-refractivity contribution in [3.8, 4) is 0 Å². The van der Waals surface area contributed by atoms with E-state index in [0.29, 0.717) is 4.47 Å². The number of rotatable bonds is 3. The zero-order valence-electron chi connectivity index (χ0n) is 10.5. The van der Waals surface area contributed by atoms with Gasteiger partial charge in [0, 0.05) is 17.5 Å². The fourth-order valence-electron chi connectivity index (χ4n) is 2.87. The molecule has 0 amide bonds. The summed E-state index contributed by atoms with van der Waals surface area (Å²) >= 11 is 3.14. The van der Waals surface area contributed by atoms with E-state index in [1.807, 2.05) is 6.92 Å². The topological polar surface area (TPSA) is 12.0 Å². The SMILES string of the molecule is CCNC1CCCCC1c1c(F)ccc(Br)c1F. The molecular formula is C14H18BrF2N. The fraction of sp³-hybridized carbons (Fsp3) is 0.571. The van der Waals surface area contributed by atoms with Crippen LogP contribution in [0.4, 0.5) is 8.78 Å². The largest absolute Gasteiger partial charge is 0.314 e. The van der Waals surface area contributed by atoms with Gasteiger partial charge in [-0.05, 0) is 47.4 Å². The van der Waals surface area contributed by atoms with Crippen LogP contribution in [0.25, 0.3) is 0 Å². The second kappa shape index (κ2) is 6.11. The predicted octanol–water partition coefficient (Wildman–Crippen LogP) is 4.36. The van der Waals surface area contributed by atoms with E-state index < -0.39 is 11.6 Å². The monoisotopic (exact) mass is 317 g/mol. The number of hydrogen-bond donors (Lipinski definition) is 1. The second-order valence-electron chi connectivity index (χ2n) is 4.81. The van der Waals surface area contributed by atoms with Gasteiger partial charge in [-0.2, -0.15) is 0 Å². The number of nitrogens with one attached hydrogen (secondary N) is 1. The van der Waals surface area contributed by atoms with Crippen LogP contribution in [0.15, 0.2) is 16.6 Å². The Kier molecular flexibility index (Phi) is 4.73. The molecule has 1 aromatic rings. The first-order valence-corrected chi connectivity index (χ1v) is 7.31. The van der Waals surface area contributed by atoms with Crippen LogP contribution >= 0.6 is 15.9 Å². The fourth-order valence-corrected chi connectivity index (χ4v) is 3.21. The molecule has 0 aliphatic heterocycles. The molecule has 100 valence electrons. The van der Waals surface area contributed by atoms with Crippen LogP contribution in [0.1, 0.15) is 44.1 Å². The summed E-state index contributed by atoms with van der Waals surface area (Å²) in [7, 11) is 0. The molecule has 0 bridgehead atoms. The highest BCUT2D eigenvalue weighted by Gasteiger charge is 2.30. The Morgan fingerprint density at radius 3 is 2.72 bits per heavy atom. The molecule has 0 spiro atoms. The second-order valence-corrected chi connectivity index (χ2v) is 5.67. The molecule has 1 aliphatic carbocycles. The first-order chi connectivity index (χ1) is 8.65. The number of benzene rings is 1. The van der Waals surface area contributed by atoms with E-state index in [1.165, 1.54) is 12.1 Å². The summed E-state index contributed by atoms with van der Waals surface area (Å²) in [5, 5.41) is 3.36. The summed E-state index contributed by atoms with van der Waals surface area (Å²) in [6.45, 7) is 2.86. The third kappa shape index (κ3) is 2.75. The lowest BCUT2D eigenvalue weighted by Crippen LogP contribution is -2.37. The predicted molar refractivity (Wildman–Crippen MR) is 72.7 cm³/mol. The lowest BCUT2D eigenvalue weighted by molar-refractivity contribution is 0.318. The van der Waals surface area contributed by atoms with Gasteiger partial charge in [-0.25, -0.2) is 8.78 Å². The Bertz CT molecular complexity index is 421. The van der Waals surface area contributed by atoms with Gasteiger partial charge in [0.1, 0.15) is 11.6 Å². The van der Waals surface area contributed by atoms with E-state index in [9.17, 15) is 8.78 Å². The zero-order valence-corrected chi connectivity index (χ0v) is 12.1. The summed E-state index contributed by atoms with van der Waals surface area (Å²) in [5.41, 5.74) is 0.245. The Morgan fingerprint density at radius 2 is 2.00 bits per heavy atom. The highest BCUT2D eigenvalue weighted by atomic mass is 79.9. The van der Waals surface area contributed by atoms with Crippen molar-refractivity contribution >= 4 is 15.9 Å². The van der Waals surface area contributed by atoms with Crippen molar-refractivity contribution in [1.82, 2.24) is 5.32 Å². The van der Waals surface area contributed by atoms with Gasteiger partial charge < -0.3 is 5.32 Å². The van der Waals surface area contributed by atoms with Gasteiger partial charge in [-0.1, -0.05) is 19.8 Å². The van der Waals surface area contributed by atoms with E-state index in [0.717, 1.165) is 32.2 Å². The smallest absolute Gasteiger partial charge is 0.143 e. The molecular weight excluding hydrogens is 300 g/mol. The quantitative estimate of drug-likeness (QED) is 0.817. The molecule has 0 aromatic heterocycles. The van der Waals surface area contributed by atoms with Crippen molar-refractivity contribution in [1.29, 1.82) is 0 Å². The molecule has 0 radical (unpaired) electrons. The Hall–Kier alpha value is -0.480. The average Bonchev–Trinajstić information content (AvgIpc) is 2.37. The van der Waals surface area contributed by atoms with E-state index in [1.54, 1.807) is 0 Å². The molecule has 2 atom stereocenters. The van der Waals surface area contributed by atoms with Gasteiger partial charge in [0.05, 0.1) is 4.47 Å². The highest BCUT2D eigenvalue weighted by molar-refractivity contribution is 9.10. The molecule has 0 saturated heterocycles. The molecule has 1 nitrogen and oxygen atoms in total.